The van der Waals surface area contributed by atoms with Gasteiger partial charge in [0, 0.05) is 11.6 Å². The predicted octanol–water partition coefficient (Wildman–Crippen LogP) is 4.09. The summed E-state index contributed by atoms with van der Waals surface area (Å²) < 4.78 is 10.4. The second-order valence-corrected chi connectivity index (χ2v) is 6.78. The van der Waals surface area contributed by atoms with Crippen molar-refractivity contribution in [3.63, 3.8) is 0 Å². The fraction of sp³-hybridized carbons (Fsp3) is 0.120. The minimum absolute atomic E-state index is 0.578. The number of aliphatic imine (C=N–C) groups is 1. The maximum absolute atomic E-state index is 5.76. The summed E-state index contributed by atoms with van der Waals surface area (Å²) in [6.45, 7) is 7.75. The van der Waals surface area contributed by atoms with Crippen LogP contribution < -0.4 is 11.0 Å². The Morgan fingerprint density at radius 3 is 2.34 bits per heavy atom. The minimum Gasteiger partial charge on any atom is -0.482 e. The van der Waals surface area contributed by atoms with Crippen LogP contribution in [-0.4, -0.2) is 24.5 Å². The number of nitrogens with zero attached hydrogens (tertiary/aromatic N) is 2. The molecule has 1 aromatic heterocycles. The van der Waals surface area contributed by atoms with Crippen LogP contribution in [0.3, 0.4) is 0 Å². The molecular weight excluding hydrogens is 360 g/mol. The molecule has 1 aliphatic rings. The molecule has 0 aliphatic carbocycles. The van der Waals surface area contributed by atoms with Gasteiger partial charge in [-0.25, -0.2) is 4.98 Å². The summed E-state index contributed by atoms with van der Waals surface area (Å²) in [4.78, 5) is 8.39. The first-order valence-corrected chi connectivity index (χ1v) is 9.53. The topological polar surface area (TPSA) is 47.6 Å². The van der Waals surface area contributed by atoms with Gasteiger partial charge < -0.3 is 9.15 Å². The number of aryl methyl sites for hydroxylation is 1. The normalized spacial score (nSPS) is 13.2. The van der Waals surface area contributed by atoms with Crippen molar-refractivity contribution in [3.05, 3.63) is 88.8 Å². The van der Waals surface area contributed by atoms with Crippen molar-refractivity contribution in [3.8, 4) is 11.3 Å². The molecule has 4 aromatic rings. The predicted molar refractivity (Wildman–Crippen MR) is 118 cm³/mol. The first-order chi connectivity index (χ1) is 14.2. The zero-order chi connectivity index (χ0) is 20.1. The molecule has 0 radical (unpaired) electrons. The van der Waals surface area contributed by atoms with Crippen LogP contribution in [0.25, 0.3) is 34.7 Å². The van der Waals surface area contributed by atoms with E-state index in [-0.39, 0.29) is 0 Å². The van der Waals surface area contributed by atoms with Gasteiger partial charge in [0.05, 0.1) is 6.54 Å². The third-order valence-electron chi connectivity index (χ3n) is 4.64. The smallest absolute Gasteiger partial charge is 0.220 e. The van der Waals surface area contributed by atoms with Crippen molar-refractivity contribution in [2.75, 3.05) is 13.2 Å². The van der Waals surface area contributed by atoms with Gasteiger partial charge in [-0.05, 0) is 34.9 Å². The molecule has 0 N–H and O–H groups in total. The zero-order valence-electron chi connectivity index (χ0n) is 16.3. The lowest BCUT2D eigenvalue weighted by atomic mass is 10.00. The van der Waals surface area contributed by atoms with Gasteiger partial charge in [-0.3, -0.25) is 4.99 Å². The second-order valence-electron chi connectivity index (χ2n) is 6.78. The largest absolute Gasteiger partial charge is 0.482 e. The zero-order valence-corrected chi connectivity index (χ0v) is 16.3. The number of hydrogen-bond donors (Lipinski definition) is 0. The van der Waals surface area contributed by atoms with E-state index in [1.54, 1.807) is 0 Å². The molecule has 2 heterocycles. The molecule has 4 heteroatoms. The van der Waals surface area contributed by atoms with Crippen molar-refractivity contribution in [1.82, 2.24) is 4.98 Å². The monoisotopic (exact) mass is 382 g/mol. The molecule has 0 spiro atoms. The average molecular weight is 382 g/mol. The number of ether oxygens (including phenoxy) is 1. The number of hydrogen-bond acceptors (Lipinski definition) is 4. The molecular formula is C25H22N2O2. The Kier molecular flexibility index (Phi) is 5.52. The molecule has 29 heavy (non-hydrogen) atoms. The summed E-state index contributed by atoms with van der Waals surface area (Å²) >= 11 is 0. The van der Waals surface area contributed by atoms with E-state index < -0.39 is 0 Å². The lowest BCUT2D eigenvalue weighted by Crippen LogP contribution is -2.00. The Labute approximate surface area is 169 Å². The van der Waals surface area contributed by atoms with Gasteiger partial charge >= 0.3 is 0 Å². The van der Waals surface area contributed by atoms with E-state index in [2.05, 4.69) is 58.5 Å². The third kappa shape index (κ3) is 4.43. The molecule has 4 nitrogen and oxygen atoms in total. The minimum atomic E-state index is 0.578. The van der Waals surface area contributed by atoms with Gasteiger partial charge in [-0.2, -0.15) is 0 Å². The molecule has 3 aromatic carbocycles. The fourth-order valence-electron chi connectivity index (χ4n) is 3.21. The lowest BCUT2D eigenvalue weighted by molar-refractivity contribution is 0.361. The molecule has 0 bridgehead atoms. The van der Waals surface area contributed by atoms with E-state index in [4.69, 9.17) is 4.42 Å². The van der Waals surface area contributed by atoms with Crippen molar-refractivity contribution in [2.24, 2.45) is 4.99 Å². The van der Waals surface area contributed by atoms with Crippen LogP contribution in [0.4, 0.5) is 0 Å². The Bertz CT molecular complexity index is 1250. The Balaban J connectivity index is 0.000000359. The van der Waals surface area contributed by atoms with E-state index in [1.165, 1.54) is 17.2 Å². The average Bonchev–Trinajstić information content (AvgIpc) is 3.42. The number of oxazole rings is 1. The summed E-state index contributed by atoms with van der Waals surface area (Å²) in [6, 6.07) is 22.7. The van der Waals surface area contributed by atoms with E-state index in [1.807, 2.05) is 42.5 Å². The van der Waals surface area contributed by atoms with Crippen LogP contribution in [0, 0.1) is 6.92 Å². The quantitative estimate of drug-likeness (QED) is 0.525. The highest BCUT2D eigenvalue weighted by molar-refractivity contribution is 5.88. The van der Waals surface area contributed by atoms with E-state index >= 15 is 0 Å². The van der Waals surface area contributed by atoms with Crippen molar-refractivity contribution in [2.45, 2.75) is 6.92 Å². The standard InChI is InChI=1S/C22H17NO.C3H5NO/c1-15-12-18-10-6-7-11-19(18)14-20(15)22-16(2)24-21(23-22)13-17-8-4-3-5-9-17;1-2-5-3-4-1/h3-14H,2H2,1H3;3H,1-2H2. The van der Waals surface area contributed by atoms with Crippen LogP contribution in [0.2, 0.25) is 0 Å². The molecule has 5 rings (SSSR count). The van der Waals surface area contributed by atoms with E-state index in [9.17, 15) is 0 Å². The number of rotatable bonds is 2. The Morgan fingerprint density at radius 2 is 1.69 bits per heavy atom. The Morgan fingerprint density at radius 1 is 0.966 bits per heavy atom. The van der Waals surface area contributed by atoms with Gasteiger partial charge in [-0.15, -0.1) is 0 Å². The summed E-state index contributed by atoms with van der Waals surface area (Å²) in [5.74, 6) is 0. The second kappa shape index (κ2) is 8.57. The highest BCUT2D eigenvalue weighted by Gasteiger charge is 2.09. The van der Waals surface area contributed by atoms with Crippen LogP contribution in [-0.2, 0) is 4.74 Å². The van der Waals surface area contributed by atoms with Crippen LogP contribution >= 0.6 is 0 Å². The maximum atomic E-state index is 5.76. The van der Waals surface area contributed by atoms with Crippen molar-refractivity contribution in [1.29, 1.82) is 0 Å². The van der Waals surface area contributed by atoms with E-state index in [0.29, 0.717) is 11.0 Å². The fourth-order valence-corrected chi connectivity index (χ4v) is 3.21. The van der Waals surface area contributed by atoms with Crippen molar-refractivity contribution >= 4 is 29.8 Å². The maximum Gasteiger partial charge on any atom is 0.220 e. The van der Waals surface area contributed by atoms with Crippen LogP contribution in [0.15, 0.2) is 76.1 Å². The lowest BCUT2D eigenvalue weighted by Gasteiger charge is -2.05. The number of aromatic nitrogens is 1. The first kappa shape index (κ1) is 18.7. The van der Waals surface area contributed by atoms with Gasteiger partial charge in [0.2, 0.25) is 5.55 Å². The van der Waals surface area contributed by atoms with Gasteiger partial charge in [0.15, 0.2) is 6.40 Å². The highest BCUT2D eigenvalue weighted by atomic mass is 16.5. The SMILES string of the molecule is C1=NCCO1.C=c1oc(=Cc2ccccc2)nc1-c1cc2ccccc2cc1C. The Hall–Kier alpha value is -3.66. The number of benzene rings is 3. The highest BCUT2D eigenvalue weighted by Crippen LogP contribution is 2.25. The summed E-state index contributed by atoms with van der Waals surface area (Å²) in [5.41, 5.74) is 5.26. The van der Waals surface area contributed by atoms with Crippen molar-refractivity contribution < 1.29 is 9.15 Å². The number of fused-ring (bicyclic) bond motifs is 1. The molecule has 0 saturated carbocycles. The summed E-state index contributed by atoms with van der Waals surface area (Å²) in [5, 5.41) is 2.41. The van der Waals surface area contributed by atoms with E-state index in [0.717, 1.165) is 35.5 Å². The summed E-state index contributed by atoms with van der Waals surface area (Å²) in [6.07, 6.45) is 3.41. The molecule has 0 unspecified atom stereocenters. The van der Waals surface area contributed by atoms with Gasteiger partial charge in [-0.1, -0.05) is 67.2 Å². The van der Waals surface area contributed by atoms with Crippen LogP contribution in [0.5, 0.6) is 0 Å². The van der Waals surface area contributed by atoms with Gasteiger partial charge in [0.1, 0.15) is 17.7 Å². The molecule has 0 amide bonds. The summed E-state index contributed by atoms with van der Waals surface area (Å²) in [7, 11) is 0. The third-order valence-corrected chi connectivity index (χ3v) is 4.64. The van der Waals surface area contributed by atoms with Crippen LogP contribution in [0.1, 0.15) is 11.1 Å². The molecule has 0 atom stereocenters. The molecule has 1 aliphatic heterocycles. The van der Waals surface area contributed by atoms with Gasteiger partial charge in [0.25, 0.3) is 0 Å². The molecule has 144 valence electrons. The first-order valence-electron chi connectivity index (χ1n) is 9.53. The molecule has 0 fully saturated rings. The molecule has 0 saturated heterocycles.